The zero-order valence-corrected chi connectivity index (χ0v) is 10.7. The molecule has 0 unspecified atom stereocenters. The molecule has 19 heavy (non-hydrogen) atoms. The summed E-state index contributed by atoms with van der Waals surface area (Å²) in [6.45, 7) is 2.54. The molecule has 0 aliphatic heterocycles. The Hall–Kier alpha value is -2.12. The van der Waals surface area contributed by atoms with Crippen molar-refractivity contribution < 1.29 is 9.50 Å². The maximum atomic E-state index is 13.3. The van der Waals surface area contributed by atoms with Crippen LogP contribution in [0, 0.1) is 24.6 Å². The Morgan fingerprint density at radius 2 is 2.26 bits per heavy atom. The first-order chi connectivity index (χ1) is 9.20. The van der Waals surface area contributed by atoms with E-state index in [4.69, 9.17) is 5.11 Å². The van der Waals surface area contributed by atoms with E-state index in [1.807, 2.05) is 17.7 Å². The lowest BCUT2D eigenvalue weighted by atomic mass is 10.1. The predicted molar refractivity (Wildman–Crippen MR) is 71.0 cm³/mol. The Bertz CT molecular complexity index is 623. The van der Waals surface area contributed by atoms with Gasteiger partial charge in [0.05, 0.1) is 6.61 Å². The average Bonchev–Trinajstić information content (AvgIpc) is 2.78. The molecule has 0 atom stereocenters. The van der Waals surface area contributed by atoms with Crippen LogP contribution in [0.2, 0.25) is 0 Å². The summed E-state index contributed by atoms with van der Waals surface area (Å²) in [5.41, 5.74) is 1.59. The van der Waals surface area contributed by atoms with E-state index in [0.29, 0.717) is 18.5 Å². The van der Waals surface area contributed by atoms with E-state index >= 15 is 0 Å². The number of aromatic nitrogens is 2. The summed E-state index contributed by atoms with van der Waals surface area (Å²) in [6.07, 6.45) is 4.00. The van der Waals surface area contributed by atoms with Crippen molar-refractivity contribution in [3.8, 4) is 11.8 Å². The maximum absolute atomic E-state index is 13.3. The molecule has 1 aromatic heterocycles. The van der Waals surface area contributed by atoms with Crippen LogP contribution < -0.4 is 0 Å². The quantitative estimate of drug-likeness (QED) is 0.856. The molecule has 0 aliphatic rings. The number of nitrogens with zero attached hydrogens (tertiary/aromatic N) is 2. The van der Waals surface area contributed by atoms with Gasteiger partial charge in [-0.1, -0.05) is 17.9 Å². The highest BCUT2D eigenvalue weighted by molar-refractivity contribution is 5.42. The first-order valence-electron chi connectivity index (χ1n) is 6.06. The topological polar surface area (TPSA) is 38.0 Å². The summed E-state index contributed by atoms with van der Waals surface area (Å²) >= 11 is 0. The molecular formula is C15H15FN2O. The Kier molecular flexibility index (Phi) is 4.32. The lowest BCUT2D eigenvalue weighted by molar-refractivity contribution is 0.305. The van der Waals surface area contributed by atoms with Gasteiger partial charge in [0.15, 0.2) is 0 Å². The molecule has 0 radical (unpaired) electrons. The van der Waals surface area contributed by atoms with Gasteiger partial charge in [0.2, 0.25) is 0 Å². The Morgan fingerprint density at radius 3 is 2.95 bits per heavy atom. The van der Waals surface area contributed by atoms with E-state index < -0.39 is 0 Å². The van der Waals surface area contributed by atoms with Gasteiger partial charge in [-0.2, -0.15) is 0 Å². The molecule has 0 amide bonds. The number of aliphatic hydroxyl groups excluding tert-OH is 1. The number of hydrogen-bond donors (Lipinski definition) is 1. The second-order valence-electron chi connectivity index (χ2n) is 4.18. The molecule has 2 aromatic rings. The van der Waals surface area contributed by atoms with E-state index in [1.54, 1.807) is 12.3 Å². The van der Waals surface area contributed by atoms with E-state index in [-0.39, 0.29) is 12.4 Å². The number of halogens is 1. The van der Waals surface area contributed by atoms with Crippen molar-refractivity contribution in [1.82, 2.24) is 9.55 Å². The molecular weight excluding hydrogens is 243 g/mol. The van der Waals surface area contributed by atoms with Crippen molar-refractivity contribution in [2.24, 2.45) is 0 Å². The normalized spacial score (nSPS) is 10.1. The number of hydrogen-bond acceptors (Lipinski definition) is 2. The highest BCUT2D eigenvalue weighted by Crippen LogP contribution is 2.13. The third-order valence-corrected chi connectivity index (χ3v) is 2.80. The average molecular weight is 258 g/mol. The predicted octanol–water partition coefficient (Wildman–Crippen LogP) is 2.11. The lowest BCUT2D eigenvalue weighted by Crippen LogP contribution is -2.03. The van der Waals surface area contributed by atoms with Crippen LogP contribution in [0.15, 0.2) is 30.6 Å². The van der Waals surface area contributed by atoms with Gasteiger partial charge < -0.3 is 9.67 Å². The molecule has 0 saturated carbocycles. The van der Waals surface area contributed by atoms with Crippen molar-refractivity contribution in [2.45, 2.75) is 19.9 Å². The summed E-state index contributed by atoms with van der Waals surface area (Å²) in [7, 11) is 0. The van der Waals surface area contributed by atoms with Gasteiger partial charge in [0.1, 0.15) is 11.6 Å². The molecule has 1 heterocycles. The maximum Gasteiger partial charge on any atom is 0.124 e. The number of aliphatic hydroxyl groups is 1. The van der Waals surface area contributed by atoms with Gasteiger partial charge in [-0.25, -0.2) is 9.37 Å². The smallest absolute Gasteiger partial charge is 0.124 e. The zero-order valence-electron chi connectivity index (χ0n) is 10.7. The van der Waals surface area contributed by atoms with Crippen molar-refractivity contribution in [2.75, 3.05) is 6.61 Å². The van der Waals surface area contributed by atoms with E-state index in [2.05, 4.69) is 16.8 Å². The molecule has 4 heteroatoms. The SMILES string of the molecule is Cc1nccn1Cc1ccc(F)cc1C#CCCO. The molecule has 3 nitrogen and oxygen atoms in total. The summed E-state index contributed by atoms with van der Waals surface area (Å²) in [4.78, 5) is 4.16. The third-order valence-electron chi connectivity index (χ3n) is 2.80. The second-order valence-corrected chi connectivity index (χ2v) is 4.18. The number of imidazole rings is 1. The molecule has 0 saturated heterocycles. The summed E-state index contributed by atoms with van der Waals surface area (Å²) in [6, 6.07) is 4.59. The van der Waals surface area contributed by atoms with Gasteiger partial charge in [-0.05, 0) is 24.6 Å². The minimum absolute atomic E-state index is 0.0122. The standard InChI is InChI=1S/C15H15FN2O/c1-12-17-7-8-18(12)11-14-5-6-15(16)10-13(14)4-2-3-9-19/h5-8,10,19H,3,9,11H2,1H3. The summed E-state index contributed by atoms with van der Waals surface area (Å²) in [5, 5.41) is 8.72. The molecule has 0 fully saturated rings. The fourth-order valence-corrected chi connectivity index (χ4v) is 1.77. The van der Waals surface area contributed by atoms with Crippen LogP contribution in [-0.2, 0) is 6.54 Å². The lowest BCUT2D eigenvalue weighted by Gasteiger charge is -2.07. The van der Waals surface area contributed by atoms with Crippen molar-refractivity contribution >= 4 is 0 Å². The molecule has 2 rings (SSSR count). The number of benzene rings is 1. The largest absolute Gasteiger partial charge is 0.395 e. The van der Waals surface area contributed by atoms with Crippen LogP contribution in [0.3, 0.4) is 0 Å². The second kappa shape index (κ2) is 6.17. The number of rotatable bonds is 3. The van der Waals surface area contributed by atoms with Crippen LogP contribution in [0.25, 0.3) is 0 Å². The van der Waals surface area contributed by atoms with Crippen LogP contribution in [0.5, 0.6) is 0 Å². The van der Waals surface area contributed by atoms with Crippen LogP contribution in [0.4, 0.5) is 4.39 Å². The third kappa shape index (κ3) is 3.43. The molecule has 1 N–H and O–H groups in total. The molecule has 0 aliphatic carbocycles. The van der Waals surface area contributed by atoms with Crippen molar-refractivity contribution in [3.63, 3.8) is 0 Å². The highest BCUT2D eigenvalue weighted by atomic mass is 19.1. The minimum atomic E-state index is -0.306. The van der Waals surface area contributed by atoms with Gasteiger partial charge in [-0.15, -0.1) is 0 Å². The zero-order chi connectivity index (χ0) is 13.7. The number of aryl methyl sites for hydroxylation is 1. The van der Waals surface area contributed by atoms with Crippen LogP contribution in [0.1, 0.15) is 23.4 Å². The summed E-state index contributed by atoms with van der Waals surface area (Å²) in [5.74, 6) is 6.32. The van der Waals surface area contributed by atoms with Gasteiger partial charge in [-0.3, -0.25) is 0 Å². The van der Waals surface area contributed by atoms with Gasteiger partial charge >= 0.3 is 0 Å². The minimum Gasteiger partial charge on any atom is -0.395 e. The van der Waals surface area contributed by atoms with Crippen molar-refractivity contribution in [3.05, 3.63) is 53.4 Å². The monoisotopic (exact) mass is 258 g/mol. The van der Waals surface area contributed by atoms with E-state index in [1.165, 1.54) is 12.1 Å². The fourth-order valence-electron chi connectivity index (χ4n) is 1.77. The van der Waals surface area contributed by atoms with Gasteiger partial charge in [0, 0.05) is 30.9 Å². The van der Waals surface area contributed by atoms with Crippen LogP contribution >= 0.6 is 0 Å². The van der Waals surface area contributed by atoms with Crippen molar-refractivity contribution in [1.29, 1.82) is 0 Å². The summed E-state index contributed by atoms with van der Waals surface area (Å²) < 4.78 is 15.3. The Labute approximate surface area is 111 Å². The Morgan fingerprint density at radius 1 is 1.42 bits per heavy atom. The molecule has 98 valence electrons. The molecule has 0 spiro atoms. The first-order valence-corrected chi connectivity index (χ1v) is 6.06. The molecule has 1 aromatic carbocycles. The molecule has 0 bridgehead atoms. The Balaban J connectivity index is 2.30. The fraction of sp³-hybridized carbons (Fsp3) is 0.267. The van der Waals surface area contributed by atoms with Crippen LogP contribution in [-0.4, -0.2) is 21.3 Å². The van der Waals surface area contributed by atoms with E-state index in [0.717, 1.165) is 11.4 Å². The highest BCUT2D eigenvalue weighted by Gasteiger charge is 2.04. The van der Waals surface area contributed by atoms with Gasteiger partial charge in [0.25, 0.3) is 0 Å². The first kappa shape index (κ1) is 13.3. The van der Waals surface area contributed by atoms with E-state index in [9.17, 15) is 4.39 Å².